The van der Waals surface area contributed by atoms with Gasteiger partial charge in [-0.25, -0.2) is 4.39 Å². The van der Waals surface area contributed by atoms with Crippen LogP contribution in [0.25, 0.3) is 0 Å². The van der Waals surface area contributed by atoms with Gasteiger partial charge in [-0.3, -0.25) is 0 Å². The van der Waals surface area contributed by atoms with E-state index in [0.717, 1.165) is 24.3 Å². The third-order valence-corrected chi connectivity index (χ3v) is 3.57. The van der Waals surface area contributed by atoms with E-state index in [4.69, 9.17) is 0 Å². The quantitative estimate of drug-likeness (QED) is 0.868. The van der Waals surface area contributed by atoms with Crippen LogP contribution in [0, 0.1) is 18.7 Å². The molecule has 0 spiro atoms. The van der Waals surface area contributed by atoms with Crippen LogP contribution in [0.1, 0.15) is 18.4 Å². The van der Waals surface area contributed by atoms with E-state index in [-0.39, 0.29) is 5.82 Å². The normalized spacial score (nSPS) is 21.5. The number of rotatable bonds is 3. The Bertz CT molecular complexity index is 378. The topological polar surface area (TPSA) is 15.3 Å². The molecule has 0 saturated carbocycles. The maximum atomic E-state index is 13.4. The molecule has 94 valence electrons. The molecular weight excluding hydrogens is 215 g/mol. The van der Waals surface area contributed by atoms with Crippen molar-refractivity contribution in [2.24, 2.45) is 5.92 Å². The molecule has 1 N–H and O–H groups in total. The van der Waals surface area contributed by atoms with Crippen molar-refractivity contribution in [2.75, 3.05) is 32.0 Å². The molecule has 1 atom stereocenters. The third kappa shape index (κ3) is 3.19. The fourth-order valence-electron chi connectivity index (χ4n) is 2.49. The lowest BCUT2D eigenvalue weighted by molar-refractivity contribution is 0.217. The highest BCUT2D eigenvalue weighted by Gasteiger charge is 2.17. The first-order valence-corrected chi connectivity index (χ1v) is 6.34. The van der Waals surface area contributed by atoms with E-state index < -0.39 is 0 Å². The second-order valence-electron chi connectivity index (χ2n) is 5.06. The smallest absolute Gasteiger partial charge is 0.128 e. The SMILES string of the molecule is Cc1c(F)cccc1NCC1CCCN(C)C1. The summed E-state index contributed by atoms with van der Waals surface area (Å²) in [5, 5.41) is 3.38. The van der Waals surface area contributed by atoms with E-state index in [1.807, 2.05) is 13.0 Å². The van der Waals surface area contributed by atoms with Crippen molar-refractivity contribution >= 4 is 5.69 Å². The van der Waals surface area contributed by atoms with Crippen LogP contribution in [-0.4, -0.2) is 31.6 Å². The minimum atomic E-state index is -0.129. The summed E-state index contributed by atoms with van der Waals surface area (Å²) in [6.45, 7) is 5.11. The standard InChI is InChI=1S/C14H21FN2/c1-11-13(15)6-3-7-14(11)16-9-12-5-4-8-17(2)10-12/h3,6-7,12,16H,4-5,8-10H2,1-2H3. The minimum absolute atomic E-state index is 0.129. The van der Waals surface area contributed by atoms with Crippen LogP contribution in [0.15, 0.2) is 18.2 Å². The van der Waals surface area contributed by atoms with Gasteiger partial charge < -0.3 is 10.2 Å². The number of hydrogen-bond acceptors (Lipinski definition) is 2. The highest BCUT2D eigenvalue weighted by atomic mass is 19.1. The number of likely N-dealkylation sites (tertiary alicyclic amines) is 1. The number of halogens is 1. The minimum Gasteiger partial charge on any atom is -0.384 e. The van der Waals surface area contributed by atoms with E-state index in [1.165, 1.54) is 25.5 Å². The zero-order chi connectivity index (χ0) is 12.3. The van der Waals surface area contributed by atoms with E-state index in [0.29, 0.717) is 5.92 Å². The van der Waals surface area contributed by atoms with Crippen molar-refractivity contribution in [1.82, 2.24) is 4.90 Å². The number of hydrogen-bond donors (Lipinski definition) is 1. The van der Waals surface area contributed by atoms with E-state index in [2.05, 4.69) is 17.3 Å². The summed E-state index contributed by atoms with van der Waals surface area (Å²) in [4.78, 5) is 2.37. The first-order chi connectivity index (χ1) is 8.16. The number of nitrogens with zero attached hydrogens (tertiary/aromatic N) is 1. The molecule has 17 heavy (non-hydrogen) atoms. The highest BCUT2D eigenvalue weighted by Crippen LogP contribution is 2.20. The molecule has 1 unspecified atom stereocenters. The van der Waals surface area contributed by atoms with Crippen molar-refractivity contribution in [3.8, 4) is 0 Å². The van der Waals surface area contributed by atoms with Gasteiger partial charge in [0.1, 0.15) is 5.82 Å². The van der Waals surface area contributed by atoms with Gasteiger partial charge in [0.15, 0.2) is 0 Å². The molecule has 2 nitrogen and oxygen atoms in total. The number of nitrogens with one attached hydrogen (secondary N) is 1. The lowest BCUT2D eigenvalue weighted by atomic mass is 9.98. The second kappa shape index (κ2) is 5.50. The van der Waals surface area contributed by atoms with Gasteiger partial charge in [-0.05, 0) is 51.4 Å². The van der Waals surface area contributed by atoms with Gasteiger partial charge in [0, 0.05) is 24.3 Å². The molecule has 0 amide bonds. The largest absolute Gasteiger partial charge is 0.384 e. The van der Waals surface area contributed by atoms with Gasteiger partial charge in [0.2, 0.25) is 0 Å². The second-order valence-corrected chi connectivity index (χ2v) is 5.06. The van der Waals surface area contributed by atoms with Crippen molar-refractivity contribution in [1.29, 1.82) is 0 Å². The van der Waals surface area contributed by atoms with Crippen LogP contribution in [0.4, 0.5) is 10.1 Å². The van der Waals surface area contributed by atoms with E-state index in [1.54, 1.807) is 6.07 Å². The Labute approximate surface area is 103 Å². The Hall–Kier alpha value is -1.09. The average molecular weight is 236 g/mol. The molecule has 1 aromatic carbocycles. The molecule has 1 aliphatic rings. The Morgan fingerprint density at radius 3 is 3.06 bits per heavy atom. The van der Waals surface area contributed by atoms with E-state index in [9.17, 15) is 4.39 Å². The maximum absolute atomic E-state index is 13.4. The molecule has 0 aliphatic carbocycles. The summed E-state index contributed by atoms with van der Waals surface area (Å²) >= 11 is 0. The summed E-state index contributed by atoms with van der Waals surface area (Å²) in [5.74, 6) is 0.548. The highest BCUT2D eigenvalue weighted by molar-refractivity contribution is 5.50. The summed E-state index contributed by atoms with van der Waals surface area (Å²) in [6, 6.07) is 5.22. The number of piperidine rings is 1. The fourth-order valence-corrected chi connectivity index (χ4v) is 2.49. The van der Waals surface area contributed by atoms with Crippen molar-refractivity contribution in [3.63, 3.8) is 0 Å². The van der Waals surface area contributed by atoms with Gasteiger partial charge in [-0.1, -0.05) is 6.07 Å². The molecule has 1 heterocycles. The molecule has 1 aliphatic heterocycles. The van der Waals surface area contributed by atoms with Crippen molar-refractivity contribution in [2.45, 2.75) is 19.8 Å². The Morgan fingerprint density at radius 1 is 1.47 bits per heavy atom. The third-order valence-electron chi connectivity index (χ3n) is 3.57. The molecule has 0 aromatic heterocycles. The first kappa shape index (κ1) is 12.4. The molecule has 1 aromatic rings. The van der Waals surface area contributed by atoms with Gasteiger partial charge in [0.05, 0.1) is 0 Å². The van der Waals surface area contributed by atoms with Crippen LogP contribution < -0.4 is 5.32 Å². The average Bonchev–Trinajstić information content (AvgIpc) is 2.31. The fraction of sp³-hybridized carbons (Fsp3) is 0.571. The Balaban J connectivity index is 1.91. The van der Waals surface area contributed by atoms with Gasteiger partial charge in [0.25, 0.3) is 0 Å². The Kier molecular flexibility index (Phi) is 4.00. The molecule has 1 fully saturated rings. The van der Waals surface area contributed by atoms with Crippen LogP contribution in [-0.2, 0) is 0 Å². The van der Waals surface area contributed by atoms with Gasteiger partial charge in [-0.15, -0.1) is 0 Å². The molecular formula is C14H21FN2. The van der Waals surface area contributed by atoms with Crippen LogP contribution in [0.2, 0.25) is 0 Å². The van der Waals surface area contributed by atoms with Crippen molar-refractivity contribution in [3.05, 3.63) is 29.6 Å². The summed E-state index contributed by atoms with van der Waals surface area (Å²) in [6.07, 6.45) is 2.54. The zero-order valence-electron chi connectivity index (χ0n) is 10.7. The first-order valence-electron chi connectivity index (χ1n) is 6.34. The summed E-state index contributed by atoms with van der Waals surface area (Å²) < 4.78 is 13.4. The molecule has 0 bridgehead atoms. The van der Waals surface area contributed by atoms with Gasteiger partial charge in [-0.2, -0.15) is 0 Å². The lowest BCUT2D eigenvalue weighted by Crippen LogP contribution is -2.35. The lowest BCUT2D eigenvalue weighted by Gasteiger charge is -2.30. The van der Waals surface area contributed by atoms with Crippen LogP contribution >= 0.6 is 0 Å². The number of benzene rings is 1. The maximum Gasteiger partial charge on any atom is 0.128 e. The summed E-state index contributed by atoms with van der Waals surface area (Å²) in [7, 11) is 2.17. The van der Waals surface area contributed by atoms with Crippen molar-refractivity contribution < 1.29 is 4.39 Å². The monoisotopic (exact) mass is 236 g/mol. The predicted molar refractivity (Wildman–Crippen MR) is 69.8 cm³/mol. The van der Waals surface area contributed by atoms with Crippen LogP contribution in [0.3, 0.4) is 0 Å². The molecule has 0 radical (unpaired) electrons. The van der Waals surface area contributed by atoms with Crippen LogP contribution in [0.5, 0.6) is 0 Å². The predicted octanol–water partition coefficient (Wildman–Crippen LogP) is 2.89. The number of anilines is 1. The molecule has 2 rings (SSSR count). The van der Waals surface area contributed by atoms with Gasteiger partial charge >= 0.3 is 0 Å². The zero-order valence-corrected chi connectivity index (χ0v) is 10.7. The molecule has 1 saturated heterocycles. The molecule has 3 heteroatoms. The summed E-state index contributed by atoms with van der Waals surface area (Å²) in [5.41, 5.74) is 1.65. The Morgan fingerprint density at radius 2 is 2.29 bits per heavy atom. The van der Waals surface area contributed by atoms with E-state index >= 15 is 0 Å².